The molecule has 4 aromatic carbocycles. The van der Waals surface area contributed by atoms with Gasteiger partial charge in [-0.1, -0.05) is 84.9 Å². The lowest BCUT2D eigenvalue weighted by Gasteiger charge is -2.11. The molecule has 0 aromatic heterocycles. The highest BCUT2D eigenvalue weighted by molar-refractivity contribution is 5.76. The summed E-state index contributed by atoms with van der Waals surface area (Å²) in [7, 11) is 3.41. The molecule has 0 atom stereocenters. The molecular weight excluding hydrogens is 344 g/mol. The van der Waals surface area contributed by atoms with Crippen LogP contribution in [0.3, 0.4) is 0 Å². The maximum Gasteiger partial charge on any atom is 0.126 e. The van der Waals surface area contributed by atoms with E-state index in [9.17, 15) is 0 Å². The van der Waals surface area contributed by atoms with Crippen molar-refractivity contribution in [3.8, 4) is 44.9 Å². The second-order valence-electron chi connectivity index (χ2n) is 6.56. The van der Waals surface area contributed by atoms with Crippen LogP contribution in [0.5, 0.6) is 11.5 Å². The molecule has 4 aromatic rings. The van der Waals surface area contributed by atoms with Gasteiger partial charge in [0.1, 0.15) is 11.5 Å². The van der Waals surface area contributed by atoms with Crippen molar-refractivity contribution in [2.24, 2.45) is 0 Å². The molecule has 0 bridgehead atoms. The predicted octanol–water partition coefficient (Wildman–Crippen LogP) is 6.70. The van der Waals surface area contributed by atoms with E-state index in [0.717, 1.165) is 33.8 Å². The van der Waals surface area contributed by atoms with Crippen molar-refractivity contribution in [1.82, 2.24) is 0 Å². The first-order valence-corrected chi connectivity index (χ1v) is 9.27. The van der Waals surface area contributed by atoms with E-state index in [4.69, 9.17) is 9.47 Å². The van der Waals surface area contributed by atoms with Gasteiger partial charge in [0.05, 0.1) is 14.2 Å². The molecule has 0 amide bonds. The van der Waals surface area contributed by atoms with Crippen LogP contribution in [-0.4, -0.2) is 14.2 Å². The van der Waals surface area contributed by atoms with Crippen LogP contribution in [0.2, 0.25) is 0 Å². The van der Waals surface area contributed by atoms with Crippen LogP contribution >= 0.6 is 0 Å². The minimum Gasteiger partial charge on any atom is -0.496 e. The molecule has 0 aliphatic carbocycles. The highest BCUT2D eigenvalue weighted by atomic mass is 16.5. The van der Waals surface area contributed by atoms with Gasteiger partial charge in [-0.3, -0.25) is 0 Å². The summed E-state index contributed by atoms with van der Waals surface area (Å²) >= 11 is 0. The maximum absolute atomic E-state index is 5.48. The van der Waals surface area contributed by atoms with Crippen LogP contribution < -0.4 is 9.47 Å². The zero-order valence-corrected chi connectivity index (χ0v) is 16.1. The van der Waals surface area contributed by atoms with Crippen LogP contribution in [0.4, 0.5) is 0 Å². The Morgan fingerprint density at radius 1 is 0.393 bits per heavy atom. The lowest BCUT2D eigenvalue weighted by molar-refractivity contribution is 0.416. The second kappa shape index (κ2) is 8.01. The molecular formula is C26H22O2. The van der Waals surface area contributed by atoms with Crippen LogP contribution in [0.1, 0.15) is 0 Å². The van der Waals surface area contributed by atoms with Gasteiger partial charge >= 0.3 is 0 Å². The van der Waals surface area contributed by atoms with E-state index >= 15 is 0 Å². The molecule has 0 saturated heterocycles. The smallest absolute Gasteiger partial charge is 0.126 e. The maximum atomic E-state index is 5.48. The van der Waals surface area contributed by atoms with Crippen LogP contribution in [-0.2, 0) is 0 Å². The van der Waals surface area contributed by atoms with Crippen molar-refractivity contribution in [2.45, 2.75) is 0 Å². The van der Waals surface area contributed by atoms with Gasteiger partial charge in [-0.15, -0.1) is 0 Å². The van der Waals surface area contributed by atoms with Crippen molar-refractivity contribution in [2.75, 3.05) is 14.2 Å². The molecule has 0 spiro atoms. The second-order valence-corrected chi connectivity index (χ2v) is 6.56. The largest absolute Gasteiger partial charge is 0.496 e. The summed E-state index contributed by atoms with van der Waals surface area (Å²) in [6.07, 6.45) is 0. The van der Waals surface area contributed by atoms with Crippen LogP contribution in [0.15, 0.2) is 97.1 Å². The van der Waals surface area contributed by atoms with Gasteiger partial charge in [0.25, 0.3) is 0 Å². The van der Waals surface area contributed by atoms with Gasteiger partial charge in [0.15, 0.2) is 0 Å². The fourth-order valence-electron chi connectivity index (χ4n) is 3.45. The number of para-hydroxylation sites is 2. The average molecular weight is 366 g/mol. The summed E-state index contributed by atoms with van der Waals surface area (Å²) < 4.78 is 11.0. The summed E-state index contributed by atoms with van der Waals surface area (Å²) in [6, 6.07) is 33.3. The van der Waals surface area contributed by atoms with Crippen molar-refractivity contribution in [3.05, 3.63) is 97.1 Å². The molecule has 0 heterocycles. The Kier molecular flexibility index (Phi) is 5.11. The summed E-state index contributed by atoms with van der Waals surface area (Å²) in [5.74, 6) is 1.77. The first-order chi connectivity index (χ1) is 13.8. The Hall–Kier alpha value is -3.52. The lowest BCUT2D eigenvalue weighted by atomic mass is 9.97. The van der Waals surface area contributed by atoms with E-state index in [1.807, 2.05) is 36.4 Å². The van der Waals surface area contributed by atoms with E-state index < -0.39 is 0 Å². The van der Waals surface area contributed by atoms with E-state index in [0.29, 0.717) is 0 Å². The van der Waals surface area contributed by atoms with Crippen LogP contribution in [0.25, 0.3) is 33.4 Å². The molecule has 0 radical (unpaired) electrons. The van der Waals surface area contributed by atoms with Gasteiger partial charge in [-0.25, -0.2) is 0 Å². The van der Waals surface area contributed by atoms with Crippen molar-refractivity contribution in [3.63, 3.8) is 0 Å². The Morgan fingerprint density at radius 3 is 1.07 bits per heavy atom. The van der Waals surface area contributed by atoms with Gasteiger partial charge in [-0.05, 0) is 34.4 Å². The normalized spacial score (nSPS) is 10.5. The van der Waals surface area contributed by atoms with E-state index in [-0.39, 0.29) is 0 Å². The Balaban J connectivity index is 1.62. The molecule has 4 rings (SSSR count). The van der Waals surface area contributed by atoms with E-state index in [1.54, 1.807) is 14.2 Å². The Morgan fingerprint density at radius 2 is 0.714 bits per heavy atom. The van der Waals surface area contributed by atoms with Crippen molar-refractivity contribution < 1.29 is 9.47 Å². The molecule has 0 aliphatic rings. The van der Waals surface area contributed by atoms with E-state index in [2.05, 4.69) is 60.7 Å². The molecule has 0 N–H and O–H groups in total. The Bertz CT molecular complexity index is 975. The number of hydrogen-bond donors (Lipinski definition) is 0. The molecule has 0 fully saturated rings. The molecule has 0 saturated carbocycles. The third-order valence-electron chi connectivity index (χ3n) is 4.94. The molecule has 28 heavy (non-hydrogen) atoms. The predicted molar refractivity (Wildman–Crippen MR) is 116 cm³/mol. The van der Waals surface area contributed by atoms with Crippen molar-refractivity contribution in [1.29, 1.82) is 0 Å². The van der Waals surface area contributed by atoms with Gasteiger partial charge < -0.3 is 9.47 Å². The minimum atomic E-state index is 0.886. The zero-order chi connectivity index (χ0) is 19.3. The number of methoxy groups -OCH3 is 2. The summed E-state index contributed by atoms with van der Waals surface area (Å²) in [6.45, 7) is 0. The topological polar surface area (TPSA) is 18.5 Å². The fraction of sp³-hybridized carbons (Fsp3) is 0.0769. The standard InChI is InChI=1S/C26H22O2/c1-27-25-9-5-3-7-23(25)21-15-11-19(12-16-21)20-13-17-22(18-14-20)24-8-4-6-10-26(24)28-2/h3-18H,1-2H3. The first kappa shape index (κ1) is 17.9. The third-order valence-corrected chi connectivity index (χ3v) is 4.94. The summed E-state index contributed by atoms with van der Waals surface area (Å²) in [5.41, 5.74) is 6.86. The number of ether oxygens (including phenoxy) is 2. The van der Waals surface area contributed by atoms with Crippen molar-refractivity contribution >= 4 is 0 Å². The molecule has 138 valence electrons. The molecule has 0 unspecified atom stereocenters. The molecule has 0 aliphatic heterocycles. The molecule has 2 heteroatoms. The molecule has 2 nitrogen and oxygen atoms in total. The third kappa shape index (κ3) is 3.49. The monoisotopic (exact) mass is 366 g/mol. The number of rotatable bonds is 5. The minimum absolute atomic E-state index is 0.886. The lowest BCUT2D eigenvalue weighted by Crippen LogP contribution is -1.88. The van der Waals surface area contributed by atoms with Crippen LogP contribution in [0, 0.1) is 0 Å². The highest BCUT2D eigenvalue weighted by Gasteiger charge is 2.07. The van der Waals surface area contributed by atoms with Gasteiger partial charge in [-0.2, -0.15) is 0 Å². The highest BCUT2D eigenvalue weighted by Crippen LogP contribution is 2.33. The zero-order valence-electron chi connectivity index (χ0n) is 16.1. The number of benzene rings is 4. The quantitative estimate of drug-likeness (QED) is 0.391. The fourth-order valence-corrected chi connectivity index (χ4v) is 3.45. The first-order valence-electron chi connectivity index (χ1n) is 9.27. The average Bonchev–Trinajstić information content (AvgIpc) is 2.79. The van der Waals surface area contributed by atoms with Gasteiger partial charge in [0.2, 0.25) is 0 Å². The van der Waals surface area contributed by atoms with E-state index in [1.165, 1.54) is 11.1 Å². The van der Waals surface area contributed by atoms with Gasteiger partial charge in [0, 0.05) is 11.1 Å². The number of hydrogen-bond acceptors (Lipinski definition) is 2. The summed E-state index contributed by atoms with van der Waals surface area (Å²) in [4.78, 5) is 0. The Labute approximate surface area is 166 Å². The summed E-state index contributed by atoms with van der Waals surface area (Å²) in [5, 5.41) is 0. The SMILES string of the molecule is COc1ccccc1-c1ccc(-c2ccc(-c3ccccc3OC)cc2)cc1.